The van der Waals surface area contributed by atoms with Gasteiger partial charge in [-0.3, -0.25) is 19.2 Å². The van der Waals surface area contributed by atoms with E-state index >= 15 is 0 Å². The van der Waals surface area contributed by atoms with Gasteiger partial charge in [0.1, 0.15) is 71.8 Å². The predicted octanol–water partition coefficient (Wildman–Crippen LogP) is -0.872. The Balaban J connectivity index is 1.36. The Kier molecular flexibility index (Phi) is 10.9. The van der Waals surface area contributed by atoms with E-state index in [4.69, 9.17) is 29.4 Å². The van der Waals surface area contributed by atoms with Gasteiger partial charge in [0, 0.05) is 28.3 Å². The summed E-state index contributed by atoms with van der Waals surface area (Å²) in [4.78, 5) is 53.2. The van der Waals surface area contributed by atoms with Gasteiger partial charge in [-0.1, -0.05) is 6.07 Å². The quantitative estimate of drug-likeness (QED) is 0.103. The van der Waals surface area contributed by atoms with Crippen molar-refractivity contribution in [3.05, 3.63) is 68.8 Å². The number of carbonyl (C=O) groups is 4. The lowest BCUT2D eigenvalue weighted by molar-refractivity contribution is -0.337. The molecule has 59 heavy (non-hydrogen) atoms. The molecular weight excluding hydrogens is 784 g/mol. The smallest absolute Gasteiger partial charge is 0.325 e. The number of ether oxygens (including phenoxy) is 5. The molecule has 0 radical (unpaired) electrons. The number of carboxylic acid groups (broad SMARTS) is 1. The number of fused-ring (bicyclic) bond motifs is 5. The fraction of sp³-hybridized carbons (Fsp3) is 0.436. The van der Waals surface area contributed by atoms with Crippen LogP contribution in [0.1, 0.15) is 84.9 Å². The number of aromatic hydroxyl groups is 3. The first kappa shape index (κ1) is 41.9. The van der Waals surface area contributed by atoms with Gasteiger partial charge < -0.3 is 80.7 Å². The molecule has 2 aliphatic heterocycles. The number of nitrogens with two attached hydrogens (primary N) is 1. The molecule has 3 aromatic carbocycles. The number of methoxy groups -OCH3 is 1. The minimum Gasteiger partial charge on any atom is -0.507 e. The van der Waals surface area contributed by atoms with Crippen LogP contribution in [0, 0.1) is 6.92 Å². The van der Waals surface area contributed by atoms with E-state index in [1.165, 1.54) is 40.0 Å². The fourth-order valence-electron chi connectivity index (χ4n) is 7.93. The first-order valence-electron chi connectivity index (χ1n) is 18.3. The number of nitrogens with one attached hydrogen (secondary N) is 1. The van der Waals surface area contributed by atoms with Crippen molar-refractivity contribution in [3.63, 3.8) is 0 Å². The molecule has 1 amide bonds. The zero-order valence-electron chi connectivity index (χ0n) is 31.7. The second kappa shape index (κ2) is 15.4. The Bertz CT molecular complexity index is 2260. The van der Waals surface area contributed by atoms with Crippen molar-refractivity contribution >= 4 is 23.4 Å². The molecule has 0 saturated carbocycles. The monoisotopic (exact) mass is 826 g/mol. The van der Waals surface area contributed by atoms with Crippen LogP contribution in [0.15, 0.2) is 24.3 Å². The number of carbonyl (C=O) groups excluding carboxylic acids is 3. The van der Waals surface area contributed by atoms with E-state index < -0.39 is 149 Å². The number of rotatable bonds is 8. The van der Waals surface area contributed by atoms with E-state index in [2.05, 4.69) is 5.32 Å². The Labute approximate surface area is 333 Å². The van der Waals surface area contributed by atoms with Crippen LogP contribution in [-0.2, 0) is 23.7 Å². The average Bonchev–Trinajstić information content (AvgIpc) is 3.18. The van der Waals surface area contributed by atoms with E-state index in [-0.39, 0.29) is 33.6 Å². The molecule has 0 spiro atoms. The fourth-order valence-corrected chi connectivity index (χ4v) is 7.93. The maximum absolute atomic E-state index is 14.1. The highest BCUT2D eigenvalue weighted by molar-refractivity contribution is 6.31. The summed E-state index contributed by atoms with van der Waals surface area (Å²) >= 11 is 0. The van der Waals surface area contributed by atoms with Gasteiger partial charge in [0.25, 0.3) is 5.91 Å². The molecule has 0 aromatic heterocycles. The number of aliphatic carboxylic acids is 1. The van der Waals surface area contributed by atoms with Gasteiger partial charge in [-0.2, -0.15) is 0 Å². The normalized spacial score (nSPS) is 30.4. The number of amides is 1. The molecule has 2 fully saturated rings. The summed E-state index contributed by atoms with van der Waals surface area (Å²) in [6.45, 7) is 3.62. The topological polar surface area (TPSA) is 335 Å². The second-order valence-corrected chi connectivity index (χ2v) is 14.9. The number of carboxylic acids is 1. The molecule has 2 heterocycles. The molecule has 12 atom stereocenters. The number of hydrogen-bond acceptors (Lipinski definition) is 18. The third-order valence-electron chi connectivity index (χ3n) is 11.1. The molecule has 0 bridgehead atoms. The Morgan fingerprint density at radius 1 is 0.847 bits per heavy atom. The molecule has 2 aliphatic carbocycles. The standard InChI is InChI=1S/C39H42N2O18/c1-10-5-17-23(30(48)20(10)36(52)41-11(2)37(53)54)22-15(8-16-24(31(22)49)27(45)14-6-13(55-4)7-18(42)21(14)26(16)44)28(46)34(17)58-39-33(51)35(25(40)12(3)57-39)59-38-32(50)29(47)19(43)9-56-38/h5-8,11-12,19,25,28-29,32-35,38-39,42-43,46-51H,9,40H2,1-4H3,(H,41,52)(H,53,54)/t11-,12-,19-,25-,28+,29+,32+,33+,34-,35-,38-,39-/m0/s1. The van der Waals surface area contributed by atoms with Crippen molar-refractivity contribution in [1.82, 2.24) is 5.32 Å². The van der Waals surface area contributed by atoms with Crippen molar-refractivity contribution in [2.75, 3.05) is 13.7 Å². The van der Waals surface area contributed by atoms with E-state index in [1.54, 1.807) is 0 Å². The first-order valence-corrected chi connectivity index (χ1v) is 18.3. The number of hydrogen-bond donors (Lipinski definition) is 11. The lowest BCUT2D eigenvalue weighted by atomic mass is 9.74. The molecule has 3 aromatic rings. The van der Waals surface area contributed by atoms with E-state index in [9.17, 15) is 65.1 Å². The number of aliphatic hydroxyl groups excluding tert-OH is 5. The zero-order chi connectivity index (χ0) is 43.1. The molecule has 0 unspecified atom stereocenters. The highest BCUT2D eigenvalue weighted by atomic mass is 16.7. The van der Waals surface area contributed by atoms with Crippen LogP contribution in [0.2, 0.25) is 0 Å². The van der Waals surface area contributed by atoms with Crippen LogP contribution >= 0.6 is 0 Å². The molecule has 7 rings (SSSR count). The third kappa shape index (κ3) is 6.76. The van der Waals surface area contributed by atoms with E-state index in [0.29, 0.717) is 0 Å². The Hall–Kier alpha value is -5.26. The number of aliphatic hydroxyl groups is 5. The van der Waals surface area contributed by atoms with Crippen LogP contribution in [0.5, 0.6) is 23.0 Å². The zero-order valence-corrected chi connectivity index (χ0v) is 31.7. The Morgan fingerprint density at radius 2 is 1.49 bits per heavy atom. The maximum atomic E-state index is 14.1. The molecule has 2 saturated heterocycles. The van der Waals surface area contributed by atoms with Gasteiger partial charge in [-0.25, -0.2) is 0 Å². The maximum Gasteiger partial charge on any atom is 0.325 e. The van der Waals surface area contributed by atoms with E-state index in [1.807, 2.05) is 0 Å². The molecule has 20 heteroatoms. The Morgan fingerprint density at radius 3 is 2.15 bits per heavy atom. The van der Waals surface area contributed by atoms with Crippen molar-refractivity contribution in [1.29, 1.82) is 0 Å². The second-order valence-electron chi connectivity index (χ2n) is 14.9. The lowest BCUT2D eigenvalue weighted by Crippen LogP contribution is -2.64. The summed E-state index contributed by atoms with van der Waals surface area (Å²) in [5.74, 6) is -6.69. The van der Waals surface area contributed by atoms with Gasteiger partial charge >= 0.3 is 5.97 Å². The van der Waals surface area contributed by atoms with Crippen molar-refractivity contribution in [3.8, 4) is 34.1 Å². The SMILES string of the molecule is COc1cc(O)c2c(c1)C(=O)c1c(cc3c(c1O)-c1c(cc(C)c(C(=O)N[C@@H](C)C(=O)O)c1O)[C@H](O[C@@H]1O[C@@H](C)[C@H](N)[C@H](O[C@@H]4OC[C@H](O)[C@@H](O)[C@H]4O)[C@H]1O)[C@@H]3O)C2=O. The molecule has 20 nitrogen and oxygen atoms in total. The summed E-state index contributed by atoms with van der Waals surface area (Å²) in [7, 11) is 1.26. The minimum absolute atomic E-state index is 0.0114. The molecule has 12 N–H and O–H groups in total. The third-order valence-corrected chi connectivity index (χ3v) is 11.1. The summed E-state index contributed by atoms with van der Waals surface area (Å²) < 4.78 is 28.5. The summed E-state index contributed by atoms with van der Waals surface area (Å²) in [5.41, 5.74) is 2.85. The number of phenols is 3. The minimum atomic E-state index is -1.91. The van der Waals surface area contributed by atoms with Gasteiger partial charge in [0.15, 0.2) is 24.1 Å². The van der Waals surface area contributed by atoms with E-state index in [0.717, 1.165) is 12.1 Å². The summed E-state index contributed by atoms with van der Waals surface area (Å²) in [6, 6.07) is 2.09. The van der Waals surface area contributed by atoms with Crippen molar-refractivity contribution in [2.45, 2.75) is 94.3 Å². The van der Waals surface area contributed by atoms with Crippen molar-refractivity contribution < 1.29 is 88.8 Å². The van der Waals surface area contributed by atoms with Gasteiger partial charge in [0.2, 0.25) is 0 Å². The number of phenolic OH excluding ortho intramolecular Hbond substituents is 3. The number of aryl methyl sites for hydroxylation is 1. The lowest BCUT2D eigenvalue weighted by Gasteiger charge is -2.46. The largest absolute Gasteiger partial charge is 0.507 e. The average molecular weight is 827 g/mol. The van der Waals surface area contributed by atoms with Gasteiger partial charge in [0.05, 0.1) is 42.6 Å². The molecular formula is C39H42N2O18. The summed E-state index contributed by atoms with van der Waals surface area (Å²) in [5, 5.41) is 101. The van der Waals surface area contributed by atoms with Crippen LogP contribution in [0.25, 0.3) is 11.1 Å². The summed E-state index contributed by atoms with van der Waals surface area (Å²) in [6.07, 6.45) is -16.0. The molecule has 316 valence electrons. The number of benzene rings is 3. The first-order chi connectivity index (χ1) is 27.8. The van der Waals surface area contributed by atoms with Gasteiger partial charge in [-0.05, 0) is 49.6 Å². The van der Waals surface area contributed by atoms with Crippen molar-refractivity contribution in [2.24, 2.45) is 5.73 Å². The van der Waals surface area contributed by atoms with Crippen LogP contribution in [0.3, 0.4) is 0 Å². The highest BCUT2D eigenvalue weighted by Gasteiger charge is 2.51. The highest BCUT2D eigenvalue weighted by Crippen LogP contribution is 2.57. The predicted molar refractivity (Wildman–Crippen MR) is 196 cm³/mol. The van der Waals surface area contributed by atoms with Crippen LogP contribution in [0.4, 0.5) is 0 Å². The van der Waals surface area contributed by atoms with Crippen LogP contribution < -0.4 is 15.8 Å². The van der Waals surface area contributed by atoms with Crippen LogP contribution in [-0.4, -0.2) is 144 Å². The number of ketones is 2. The molecule has 4 aliphatic rings. The van der Waals surface area contributed by atoms with Gasteiger partial charge in [-0.15, -0.1) is 0 Å².